The summed E-state index contributed by atoms with van der Waals surface area (Å²) in [5, 5.41) is 0. The van der Waals surface area contributed by atoms with Gasteiger partial charge < -0.3 is 15.2 Å². The first-order valence-electron chi connectivity index (χ1n) is 5.44. The number of nitrogens with two attached hydrogens (primary N) is 1. The molecule has 0 saturated carbocycles. The van der Waals surface area contributed by atoms with Crippen LogP contribution in [0.5, 0.6) is 0 Å². The molecular weight excluding hydrogens is 286 g/mol. The Morgan fingerprint density at radius 1 is 1.35 bits per heavy atom. The number of rotatable bonds is 6. The van der Waals surface area contributed by atoms with E-state index in [1.165, 1.54) is 0 Å². The third-order valence-electron chi connectivity index (χ3n) is 2.03. The van der Waals surface area contributed by atoms with Crippen molar-refractivity contribution < 1.29 is 14.3 Å². The number of carbonyl (C=O) groups is 1. The maximum Gasteiger partial charge on any atom is 0.338 e. The number of carbonyl (C=O) groups excluding carboxylic acids is 1. The molecule has 0 radical (unpaired) electrons. The molecule has 0 unspecified atom stereocenters. The molecule has 94 valence electrons. The summed E-state index contributed by atoms with van der Waals surface area (Å²) in [4.78, 5) is 11.6. The standard InChI is InChI=1S/C12H16BrNO3/c1-2-16-4-3-5-17-12(15)9-6-10(13)8-11(14)7-9/h6-8H,2-5,14H2,1H3. The maximum absolute atomic E-state index is 11.6. The van der Waals surface area contributed by atoms with Crippen LogP contribution in [0.2, 0.25) is 0 Å². The fourth-order valence-electron chi connectivity index (χ4n) is 1.28. The van der Waals surface area contributed by atoms with Crippen molar-refractivity contribution in [3.05, 3.63) is 28.2 Å². The fourth-order valence-corrected chi connectivity index (χ4v) is 1.79. The lowest BCUT2D eigenvalue weighted by Gasteiger charge is -2.06. The zero-order valence-corrected chi connectivity index (χ0v) is 11.3. The molecule has 0 spiro atoms. The Balaban J connectivity index is 2.41. The van der Waals surface area contributed by atoms with Gasteiger partial charge in [0.2, 0.25) is 0 Å². The van der Waals surface area contributed by atoms with E-state index >= 15 is 0 Å². The second kappa shape index (κ2) is 7.29. The van der Waals surface area contributed by atoms with E-state index in [4.69, 9.17) is 15.2 Å². The average Bonchev–Trinajstić information content (AvgIpc) is 2.27. The van der Waals surface area contributed by atoms with E-state index in [9.17, 15) is 4.79 Å². The highest BCUT2D eigenvalue weighted by Crippen LogP contribution is 2.17. The van der Waals surface area contributed by atoms with Gasteiger partial charge in [-0.1, -0.05) is 15.9 Å². The summed E-state index contributed by atoms with van der Waals surface area (Å²) in [6.45, 7) is 3.56. The number of esters is 1. The van der Waals surface area contributed by atoms with E-state index in [1.54, 1.807) is 18.2 Å². The molecule has 0 aliphatic carbocycles. The van der Waals surface area contributed by atoms with Crippen LogP contribution in [0.1, 0.15) is 23.7 Å². The number of hydrogen-bond donors (Lipinski definition) is 1. The molecule has 0 heterocycles. The van der Waals surface area contributed by atoms with Crippen molar-refractivity contribution >= 4 is 27.6 Å². The van der Waals surface area contributed by atoms with E-state index in [2.05, 4.69) is 15.9 Å². The van der Waals surface area contributed by atoms with Crippen molar-refractivity contribution in [3.63, 3.8) is 0 Å². The van der Waals surface area contributed by atoms with Gasteiger partial charge in [-0.25, -0.2) is 4.79 Å². The molecule has 1 aromatic carbocycles. The lowest BCUT2D eigenvalue weighted by molar-refractivity contribution is 0.0452. The van der Waals surface area contributed by atoms with Gasteiger partial charge in [0.1, 0.15) is 0 Å². The van der Waals surface area contributed by atoms with Gasteiger partial charge in [-0.2, -0.15) is 0 Å². The van der Waals surface area contributed by atoms with Crippen LogP contribution in [0.15, 0.2) is 22.7 Å². The third kappa shape index (κ3) is 5.19. The summed E-state index contributed by atoms with van der Waals surface area (Å²) in [7, 11) is 0. The van der Waals surface area contributed by atoms with Crippen LogP contribution < -0.4 is 5.73 Å². The molecule has 0 aromatic heterocycles. The minimum Gasteiger partial charge on any atom is -0.462 e. The van der Waals surface area contributed by atoms with Gasteiger partial charge in [0, 0.05) is 29.8 Å². The number of halogens is 1. The van der Waals surface area contributed by atoms with E-state index < -0.39 is 0 Å². The zero-order valence-electron chi connectivity index (χ0n) is 9.74. The molecule has 4 nitrogen and oxygen atoms in total. The Hall–Kier alpha value is -1.07. The molecule has 2 N–H and O–H groups in total. The van der Waals surface area contributed by atoms with Gasteiger partial charge in [-0.15, -0.1) is 0 Å². The van der Waals surface area contributed by atoms with Crippen molar-refractivity contribution in [2.24, 2.45) is 0 Å². The van der Waals surface area contributed by atoms with Crippen molar-refractivity contribution in [1.82, 2.24) is 0 Å². The predicted octanol–water partition coefficient (Wildman–Crippen LogP) is 2.61. The SMILES string of the molecule is CCOCCCOC(=O)c1cc(N)cc(Br)c1. The minimum atomic E-state index is -0.366. The predicted molar refractivity (Wildman–Crippen MR) is 69.9 cm³/mol. The summed E-state index contributed by atoms with van der Waals surface area (Å²) < 4.78 is 11.0. The van der Waals surface area contributed by atoms with Gasteiger partial charge in [0.05, 0.1) is 12.2 Å². The van der Waals surface area contributed by atoms with E-state index in [1.807, 2.05) is 6.92 Å². The fraction of sp³-hybridized carbons (Fsp3) is 0.417. The van der Waals surface area contributed by atoms with Crippen LogP contribution in [-0.4, -0.2) is 25.8 Å². The Morgan fingerprint density at radius 3 is 2.76 bits per heavy atom. The quantitative estimate of drug-likeness (QED) is 0.498. The highest BCUT2D eigenvalue weighted by atomic mass is 79.9. The van der Waals surface area contributed by atoms with Gasteiger partial charge in [-0.05, 0) is 25.1 Å². The second-order valence-corrected chi connectivity index (χ2v) is 4.38. The number of benzene rings is 1. The summed E-state index contributed by atoms with van der Waals surface area (Å²) in [5.41, 5.74) is 6.61. The molecule has 0 bridgehead atoms. The van der Waals surface area contributed by atoms with Gasteiger partial charge in [-0.3, -0.25) is 0 Å². The Morgan fingerprint density at radius 2 is 2.12 bits per heavy atom. The van der Waals surface area contributed by atoms with Crippen LogP contribution in [0.4, 0.5) is 5.69 Å². The molecule has 0 aliphatic heterocycles. The normalized spacial score (nSPS) is 10.2. The van der Waals surface area contributed by atoms with E-state index in [-0.39, 0.29) is 5.97 Å². The van der Waals surface area contributed by atoms with Gasteiger partial charge in [0.25, 0.3) is 0 Å². The Bertz CT molecular complexity index is 362. The maximum atomic E-state index is 11.6. The lowest BCUT2D eigenvalue weighted by atomic mass is 10.2. The highest BCUT2D eigenvalue weighted by molar-refractivity contribution is 9.10. The first-order valence-corrected chi connectivity index (χ1v) is 6.23. The summed E-state index contributed by atoms with van der Waals surface area (Å²) in [6.07, 6.45) is 0.697. The van der Waals surface area contributed by atoms with Crippen molar-refractivity contribution in [2.45, 2.75) is 13.3 Å². The second-order valence-electron chi connectivity index (χ2n) is 3.46. The molecule has 0 amide bonds. The topological polar surface area (TPSA) is 61.5 Å². The number of nitrogen functional groups attached to an aromatic ring is 1. The zero-order chi connectivity index (χ0) is 12.7. The first kappa shape index (κ1) is 14.0. The van der Waals surface area contributed by atoms with Gasteiger partial charge in [0.15, 0.2) is 0 Å². The number of anilines is 1. The van der Waals surface area contributed by atoms with Crippen LogP contribution >= 0.6 is 15.9 Å². The molecule has 0 saturated heterocycles. The summed E-state index contributed by atoms with van der Waals surface area (Å²) >= 11 is 3.28. The number of hydrogen-bond acceptors (Lipinski definition) is 4. The van der Waals surface area contributed by atoms with Gasteiger partial charge >= 0.3 is 5.97 Å². The summed E-state index contributed by atoms with van der Waals surface area (Å²) in [5.74, 6) is -0.366. The van der Waals surface area contributed by atoms with Crippen LogP contribution in [0.3, 0.4) is 0 Å². The molecule has 5 heteroatoms. The monoisotopic (exact) mass is 301 g/mol. The molecule has 0 atom stereocenters. The van der Waals surface area contributed by atoms with Crippen molar-refractivity contribution in [3.8, 4) is 0 Å². The third-order valence-corrected chi connectivity index (χ3v) is 2.48. The van der Waals surface area contributed by atoms with Crippen LogP contribution in [-0.2, 0) is 9.47 Å². The van der Waals surface area contributed by atoms with Crippen LogP contribution in [0.25, 0.3) is 0 Å². The summed E-state index contributed by atoms with van der Waals surface area (Å²) in [6, 6.07) is 5.00. The highest BCUT2D eigenvalue weighted by Gasteiger charge is 2.08. The molecule has 0 fully saturated rings. The number of ether oxygens (including phenoxy) is 2. The molecule has 0 aliphatic rings. The Labute approximate surface area is 109 Å². The Kier molecular flexibility index (Phi) is 6.00. The van der Waals surface area contributed by atoms with E-state index in [0.29, 0.717) is 37.5 Å². The molecule has 17 heavy (non-hydrogen) atoms. The van der Waals surface area contributed by atoms with Crippen molar-refractivity contribution in [1.29, 1.82) is 0 Å². The molecule has 1 rings (SSSR count). The first-order chi connectivity index (χ1) is 8.13. The van der Waals surface area contributed by atoms with Crippen LogP contribution in [0, 0.1) is 0 Å². The van der Waals surface area contributed by atoms with E-state index in [0.717, 1.165) is 4.47 Å². The van der Waals surface area contributed by atoms with Crippen molar-refractivity contribution in [2.75, 3.05) is 25.6 Å². The largest absolute Gasteiger partial charge is 0.462 e. The lowest BCUT2D eigenvalue weighted by Crippen LogP contribution is -2.09. The minimum absolute atomic E-state index is 0.352. The smallest absolute Gasteiger partial charge is 0.338 e. The molecule has 1 aromatic rings. The average molecular weight is 302 g/mol. The molecular formula is C12H16BrNO3.